The zero-order valence-corrected chi connectivity index (χ0v) is 9.42. The van der Waals surface area contributed by atoms with Gasteiger partial charge in [0.1, 0.15) is 5.76 Å². The molecule has 2 N–H and O–H groups in total. The monoisotopic (exact) mass is 228 g/mol. The van der Waals surface area contributed by atoms with Crippen molar-refractivity contribution < 1.29 is 4.42 Å². The molecule has 0 unspecified atom stereocenters. The van der Waals surface area contributed by atoms with E-state index in [1.165, 1.54) is 0 Å². The summed E-state index contributed by atoms with van der Waals surface area (Å²) in [5, 5.41) is 4.36. The van der Waals surface area contributed by atoms with E-state index >= 15 is 0 Å². The van der Waals surface area contributed by atoms with Gasteiger partial charge < -0.3 is 10.2 Å². The molecule has 0 radical (unpaired) electrons. The van der Waals surface area contributed by atoms with Gasteiger partial charge in [-0.1, -0.05) is 6.07 Å². The Labute approximate surface area is 97.9 Å². The van der Waals surface area contributed by atoms with Crippen LogP contribution in [0.1, 0.15) is 11.3 Å². The number of furan rings is 1. The van der Waals surface area contributed by atoms with E-state index in [4.69, 9.17) is 10.2 Å². The predicted octanol–water partition coefficient (Wildman–Crippen LogP) is 1.76. The molecule has 3 aromatic rings. The lowest BCUT2D eigenvalue weighted by Crippen LogP contribution is -1.99. The fraction of sp³-hybridized carbons (Fsp3) is 0.167. The van der Waals surface area contributed by atoms with Crippen molar-refractivity contribution in [2.45, 2.75) is 13.5 Å². The first-order chi connectivity index (χ1) is 8.28. The van der Waals surface area contributed by atoms with Gasteiger partial charge in [0, 0.05) is 18.3 Å². The molecule has 3 aromatic heterocycles. The third kappa shape index (κ3) is 1.60. The molecule has 5 heteroatoms. The molecule has 0 saturated carbocycles. The van der Waals surface area contributed by atoms with E-state index in [1.807, 2.05) is 37.4 Å². The third-order valence-corrected chi connectivity index (χ3v) is 2.62. The summed E-state index contributed by atoms with van der Waals surface area (Å²) in [6.07, 6.45) is 1.85. The van der Waals surface area contributed by atoms with Crippen LogP contribution in [0.2, 0.25) is 0 Å². The van der Waals surface area contributed by atoms with E-state index < -0.39 is 0 Å². The Balaban J connectivity index is 2.19. The number of hydrogen-bond donors (Lipinski definition) is 1. The fourth-order valence-electron chi connectivity index (χ4n) is 1.78. The van der Waals surface area contributed by atoms with Gasteiger partial charge in [-0.15, -0.1) is 5.10 Å². The SMILES string of the molecule is Cc1ccc(-c2nc3c(CN)cccn3n2)o1. The molecule has 17 heavy (non-hydrogen) atoms. The Morgan fingerprint density at radius 2 is 2.24 bits per heavy atom. The van der Waals surface area contributed by atoms with Gasteiger partial charge in [0.05, 0.1) is 0 Å². The maximum atomic E-state index is 5.66. The lowest BCUT2D eigenvalue weighted by Gasteiger charge is -1.96. The van der Waals surface area contributed by atoms with Gasteiger partial charge in [0.2, 0.25) is 5.82 Å². The van der Waals surface area contributed by atoms with Gasteiger partial charge >= 0.3 is 0 Å². The molecular weight excluding hydrogens is 216 g/mol. The quantitative estimate of drug-likeness (QED) is 0.725. The first-order valence-corrected chi connectivity index (χ1v) is 5.39. The number of aromatic nitrogens is 3. The second-order valence-corrected chi connectivity index (χ2v) is 3.85. The second kappa shape index (κ2) is 3.71. The van der Waals surface area contributed by atoms with Gasteiger partial charge in [0.25, 0.3) is 0 Å². The summed E-state index contributed by atoms with van der Waals surface area (Å²) in [5.41, 5.74) is 7.41. The van der Waals surface area contributed by atoms with Crippen molar-refractivity contribution >= 4 is 5.65 Å². The minimum Gasteiger partial charge on any atom is -0.458 e. The predicted molar refractivity (Wildman–Crippen MR) is 63.3 cm³/mol. The summed E-state index contributed by atoms with van der Waals surface area (Å²) >= 11 is 0. The van der Waals surface area contributed by atoms with E-state index in [-0.39, 0.29) is 0 Å². The van der Waals surface area contributed by atoms with E-state index in [9.17, 15) is 0 Å². The molecule has 0 spiro atoms. The van der Waals surface area contributed by atoms with E-state index in [1.54, 1.807) is 4.52 Å². The van der Waals surface area contributed by atoms with Crippen molar-refractivity contribution in [2.24, 2.45) is 5.73 Å². The van der Waals surface area contributed by atoms with Crippen LogP contribution in [0.5, 0.6) is 0 Å². The van der Waals surface area contributed by atoms with Crippen molar-refractivity contribution in [3.63, 3.8) is 0 Å². The van der Waals surface area contributed by atoms with Gasteiger partial charge in [-0.05, 0) is 25.1 Å². The largest absolute Gasteiger partial charge is 0.458 e. The van der Waals surface area contributed by atoms with Crippen molar-refractivity contribution in [1.82, 2.24) is 14.6 Å². The normalized spacial score (nSPS) is 11.2. The van der Waals surface area contributed by atoms with Gasteiger partial charge in [-0.25, -0.2) is 9.50 Å². The number of hydrogen-bond acceptors (Lipinski definition) is 4. The zero-order valence-electron chi connectivity index (χ0n) is 9.42. The molecule has 0 bridgehead atoms. The van der Waals surface area contributed by atoms with Gasteiger partial charge in [0.15, 0.2) is 11.4 Å². The molecule has 0 saturated heterocycles. The summed E-state index contributed by atoms with van der Waals surface area (Å²) in [4.78, 5) is 4.45. The van der Waals surface area contributed by atoms with E-state index in [0.717, 1.165) is 17.0 Å². The number of pyridine rings is 1. The Bertz CT molecular complexity index is 668. The van der Waals surface area contributed by atoms with E-state index in [2.05, 4.69) is 10.1 Å². The highest BCUT2D eigenvalue weighted by Crippen LogP contribution is 2.20. The highest BCUT2D eigenvalue weighted by atomic mass is 16.3. The lowest BCUT2D eigenvalue weighted by molar-refractivity contribution is 0.544. The molecule has 0 aliphatic rings. The van der Waals surface area contributed by atoms with Crippen LogP contribution in [-0.2, 0) is 6.54 Å². The van der Waals surface area contributed by atoms with Crippen LogP contribution in [-0.4, -0.2) is 14.6 Å². The van der Waals surface area contributed by atoms with Crippen LogP contribution in [0.25, 0.3) is 17.2 Å². The molecule has 3 rings (SSSR count). The fourth-order valence-corrected chi connectivity index (χ4v) is 1.78. The van der Waals surface area contributed by atoms with Gasteiger partial charge in [-0.2, -0.15) is 0 Å². The maximum Gasteiger partial charge on any atom is 0.217 e. The van der Waals surface area contributed by atoms with Crippen molar-refractivity contribution in [1.29, 1.82) is 0 Å². The second-order valence-electron chi connectivity index (χ2n) is 3.85. The molecule has 0 amide bonds. The molecular formula is C12H12N4O. The number of nitrogens with zero attached hydrogens (tertiary/aromatic N) is 3. The molecule has 0 aliphatic carbocycles. The zero-order chi connectivity index (χ0) is 11.8. The molecule has 0 fully saturated rings. The third-order valence-electron chi connectivity index (χ3n) is 2.62. The van der Waals surface area contributed by atoms with Crippen LogP contribution >= 0.6 is 0 Å². The summed E-state index contributed by atoms with van der Waals surface area (Å²) in [5.74, 6) is 2.10. The Kier molecular flexibility index (Phi) is 2.19. The number of aryl methyl sites for hydroxylation is 1. The highest BCUT2D eigenvalue weighted by molar-refractivity contribution is 5.55. The molecule has 3 heterocycles. The smallest absolute Gasteiger partial charge is 0.217 e. The Morgan fingerprint density at radius 3 is 2.94 bits per heavy atom. The van der Waals surface area contributed by atoms with Crippen LogP contribution in [0.15, 0.2) is 34.9 Å². The van der Waals surface area contributed by atoms with Crippen LogP contribution in [0.3, 0.4) is 0 Å². The minimum atomic E-state index is 0.444. The van der Waals surface area contributed by atoms with Crippen LogP contribution < -0.4 is 5.73 Å². The van der Waals surface area contributed by atoms with E-state index in [0.29, 0.717) is 18.1 Å². The maximum absolute atomic E-state index is 5.66. The highest BCUT2D eigenvalue weighted by Gasteiger charge is 2.11. The first-order valence-electron chi connectivity index (χ1n) is 5.39. The summed E-state index contributed by atoms with van der Waals surface area (Å²) in [6, 6.07) is 7.61. The number of fused-ring (bicyclic) bond motifs is 1. The van der Waals surface area contributed by atoms with Crippen molar-refractivity contribution in [3.05, 3.63) is 41.8 Å². The summed E-state index contributed by atoms with van der Waals surface area (Å²) in [6.45, 7) is 2.34. The summed E-state index contributed by atoms with van der Waals surface area (Å²) < 4.78 is 7.22. The number of rotatable bonds is 2. The average Bonchev–Trinajstić information content (AvgIpc) is 2.93. The van der Waals surface area contributed by atoms with Crippen molar-refractivity contribution in [2.75, 3.05) is 0 Å². The molecule has 5 nitrogen and oxygen atoms in total. The average molecular weight is 228 g/mol. The Morgan fingerprint density at radius 1 is 1.35 bits per heavy atom. The topological polar surface area (TPSA) is 69.3 Å². The Hall–Kier alpha value is -2.14. The van der Waals surface area contributed by atoms with Crippen LogP contribution in [0.4, 0.5) is 0 Å². The molecule has 0 aliphatic heterocycles. The lowest BCUT2D eigenvalue weighted by atomic mass is 10.3. The minimum absolute atomic E-state index is 0.444. The number of nitrogens with two attached hydrogens (primary N) is 1. The summed E-state index contributed by atoms with van der Waals surface area (Å²) in [7, 11) is 0. The van der Waals surface area contributed by atoms with Gasteiger partial charge in [-0.3, -0.25) is 0 Å². The molecule has 0 aromatic carbocycles. The first kappa shape index (κ1) is 10.0. The molecule has 86 valence electrons. The van der Waals surface area contributed by atoms with Crippen molar-refractivity contribution in [3.8, 4) is 11.6 Å². The molecule has 0 atom stereocenters. The van der Waals surface area contributed by atoms with Crippen LogP contribution in [0, 0.1) is 6.92 Å². The standard InChI is InChI=1S/C12H12N4O/c1-8-4-5-10(17-8)11-14-12-9(7-13)3-2-6-16(12)15-11/h2-6H,7,13H2,1H3.